The van der Waals surface area contributed by atoms with Crippen molar-refractivity contribution in [3.8, 4) is 0 Å². The fourth-order valence-electron chi connectivity index (χ4n) is 1.74. The highest BCUT2D eigenvalue weighted by atomic mass is 79.9. The van der Waals surface area contributed by atoms with Crippen molar-refractivity contribution in [2.24, 2.45) is 0 Å². The number of rotatable bonds is 4. The quantitative estimate of drug-likeness (QED) is 0.860. The van der Waals surface area contributed by atoms with E-state index in [9.17, 15) is 4.79 Å². The molecule has 0 atom stereocenters. The summed E-state index contributed by atoms with van der Waals surface area (Å²) in [5.41, 5.74) is 0.621. The van der Waals surface area contributed by atoms with Gasteiger partial charge in [0.1, 0.15) is 11.5 Å². The predicted molar refractivity (Wildman–Crippen MR) is 82.3 cm³/mol. The maximum atomic E-state index is 12.2. The Morgan fingerprint density at radius 1 is 1.37 bits per heavy atom. The molecule has 0 saturated heterocycles. The van der Waals surface area contributed by atoms with Crippen LogP contribution in [0.1, 0.15) is 23.8 Å². The van der Waals surface area contributed by atoms with Gasteiger partial charge in [-0.1, -0.05) is 22.9 Å². The lowest BCUT2D eigenvalue weighted by Crippen LogP contribution is -2.17. The number of amides is 1. The standard InChI is InChI=1S/C13H13Br2N3O/c1-2-5-18-8-10(15)6-11(18)13(19)17-12-7-9(14)3-4-16-12/h3-4,6-8H,2,5H2,1H3,(H,16,17,19). The molecule has 4 nitrogen and oxygen atoms in total. The van der Waals surface area contributed by atoms with Gasteiger partial charge in [-0.2, -0.15) is 0 Å². The van der Waals surface area contributed by atoms with Crippen LogP contribution in [0.3, 0.4) is 0 Å². The van der Waals surface area contributed by atoms with Crippen molar-refractivity contribution in [2.75, 3.05) is 5.32 Å². The summed E-state index contributed by atoms with van der Waals surface area (Å²) >= 11 is 6.74. The Bertz CT molecular complexity index is 595. The van der Waals surface area contributed by atoms with E-state index in [1.54, 1.807) is 12.3 Å². The van der Waals surface area contributed by atoms with Crippen molar-refractivity contribution < 1.29 is 4.79 Å². The molecule has 0 fully saturated rings. The number of carbonyl (C=O) groups is 1. The third kappa shape index (κ3) is 3.67. The molecule has 2 rings (SSSR count). The molecule has 0 spiro atoms. The number of halogens is 2. The zero-order valence-corrected chi connectivity index (χ0v) is 13.5. The summed E-state index contributed by atoms with van der Waals surface area (Å²) in [4.78, 5) is 16.3. The van der Waals surface area contributed by atoms with Crippen molar-refractivity contribution in [2.45, 2.75) is 19.9 Å². The van der Waals surface area contributed by atoms with Crippen LogP contribution in [0.5, 0.6) is 0 Å². The number of hydrogen-bond donors (Lipinski definition) is 1. The van der Waals surface area contributed by atoms with Gasteiger partial charge in [0.2, 0.25) is 0 Å². The first-order chi connectivity index (χ1) is 9.10. The van der Waals surface area contributed by atoms with Crippen molar-refractivity contribution in [3.05, 3.63) is 45.2 Å². The van der Waals surface area contributed by atoms with E-state index < -0.39 is 0 Å². The summed E-state index contributed by atoms with van der Waals surface area (Å²) in [5.74, 6) is 0.365. The molecule has 0 aromatic carbocycles. The number of aromatic nitrogens is 2. The van der Waals surface area contributed by atoms with Crippen LogP contribution in [0, 0.1) is 0 Å². The molecule has 0 bridgehead atoms. The second-order valence-corrected chi connectivity index (χ2v) is 5.88. The molecule has 2 heterocycles. The summed E-state index contributed by atoms with van der Waals surface area (Å²) < 4.78 is 3.70. The van der Waals surface area contributed by atoms with E-state index >= 15 is 0 Å². The van der Waals surface area contributed by atoms with Crippen LogP contribution in [0.2, 0.25) is 0 Å². The minimum absolute atomic E-state index is 0.162. The summed E-state index contributed by atoms with van der Waals surface area (Å²) in [6.45, 7) is 2.88. The Labute approximate surface area is 128 Å². The van der Waals surface area contributed by atoms with Gasteiger partial charge in [0.25, 0.3) is 5.91 Å². The average Bonchev–Trinajstić information content (AvgIpc) is 2.71. The van der Waals surface area contributed by atoms with Crippen molar-refractivity contribution >= 4 is 43.6 Å². The Hall–Kier alpha value is -1.14. The monoisotopic (exact) mass is 385 g/mol. The SMILES string of the molecule is CCCn1cc(Br)cc1C(=O)Nc1cc(Br)ccn1. The average molecular weight is 387 g/mol. The summed E-state index contributed by atoms with van der Waals surface area (Å²) in [6, 6.07) is 5.38. The minimum atomic E-state index is -0.162. The molecule has 0 aliphatic heterocycles. The molecule has 1 amide bonds. The molecule has 100 valence electrons. The van der Waals surface area contributed by atoms with Gasteiger partial charge in [-0.3, -0.25) is 4.79 Å². The van der Waals surface area contributed by atoms with E-state index in [4.69, 9.17) is 0 Å². The molecule has 0 aliphatic carbocycles. The van der Waals surface area contributed by atoms with Crippen LogP contribution in [0.15, 0.2) is 39.5 Å². The number of nitrogens with zero attached hydrogens (tertiary/aromatic N) is 2. The van der Waals surface area contributed by atoms with Gasteiger partial charge in [0.05, 0.1) is 0 Å². The van der Waals surface area contributed by atoms with Crippen molar-refractivity contribution in [1.29, 1.82) is 0 Å². The number of hydrogen-bond acceptors (Lipinski definition) is 2. The molecular weight excluding hydrogens is 374 g/mol. The smallest absolute Gasteiger partial charge is 0.273 e. The van der Waals surface area contributed by atoms with E-state index in [1.807, 2.05) is 22.9 Å². The molecule has 0 saturated carbocycles. The fourth-order valence-corrected chi connectivity index (χ4v) is 2.54. The van der Waals surface area contributed by atoms with Gasteiger partial charge < -0.3 is 9.88 Å². The van der Waals surface area contributed by atoms with Crippen LogP contribution < -0.4 is 5.32 Å². The van der Waals surface area contributed by atoms with Gasteiger partial charge in [-0.15, -0.1) is 0 Å². The van der Waals surface area contributed by atoms with Crippen LogP contribution in [0.25, 0.3) is 0 Å². The number of anilines is 1. The van der Waals surface area contributed by atoms with Gasteiger partial charge in [0, 0.05) is 27.9 Å². The molecule has 2 aromatic heterocycles. The molecule has 1 N–H and O–H groups in total. The number of aryl methyl sites for hydroxylation is 1. The number of nitrogens with one attached hydrogen (secondary N) is 1. The van der Waals surface area contributed by atoms with Gasteiger partial charge in [0.15, 0.2) is 0 Å². The van der Waals surface area contributed by atoms with Gasteiger partial charge in [-0.25, -0.2) is 4.98 Å². The molecule has 0 unspecified atom stereocenters. The molecule has 0 aliphatic rings. The Morgan fingerprint density at radius 2 is 2.16 bits per heavy atom. The third-order valence-electron chi connectivity index (χ3n) is 2.52. The van der Waals surface area contributed by atoms with Gasteiger partial charge >= 0.3 is 0 Å². The highest BCUT2D eigenvalue weighted by Gasteiger charge is 2.13. The third-order valence-corrected chi connectivity index (χ3v) is 3.45. The lowest BCUT2D eigenvalue weighted by molar-refractivity contribution is 0.101. The minimum Gasteiger partial charge on any atom is -0.342 e. The lowest BCUT2D eigenvalue weighted by atomic mass is 10.3. The van der Waals surface area contributed by atoms with Crippen molar-refractivity contribution in [1.82, 2.24) is 9.55 Å². The van der Waals surface area contributed by atoms with Crippen LogP contribution in [-0.2, 0) is 6.54 Å². The van der Waals surface area contributed by atoms with Crippen molar-refractivity contribution in [3.63, 3.8) is 0 Å². The normalized spacial score (nSPS) is 10.5. The molecular formula is C13H13Br2N3O. The van der Waals surface area contributed by atoms with Crippen LogP contribution in [0.4, 0.5) is 5.82 Å². The first-order valence-corrected chi connectivity index (χ1v) is 7.47. The van der Waals surface area contributed by atoms with Gasteiger partial charge in [-0.05, 0) is 40.5 Å². The van der Waals surface area contributed by atoms with E-state index in [1.165, 1.54) is 0 Å². The van der Waals surface area contributed by atoms with E-state index in [0.717, 1.165) is 21.9 Å². The van der Waals surface area contributed by atoms with E-state index in [-0.39, 0.29) is 5.91 Å². The molecule has 6 heteroatoms. The maximum Gasteiger partial charge on any atom is 0.273 e. The first-order valence-electron chi connectivity index (χ1n) is 5.88. The predicted octanol–water partition coefficient (Wildman–Crippen LogP) is 4.07. The Kier molecular flexibility index (Phi) is 4.76. The topological polar surface area (TPSA) is 46.9 Å². The number of pyridine rings is 1. The zero-order chi connectivity index (χ0) is 13.8. The maximum absolute atomic E-state index is 12.2. The molecule has 2 aromatic rings. The van der Waals surface area contributed by atoms with E-state index in [2.05, 4.69) is 49.1 Å². The fraction of sp³-hybridized carbons (Fsp3) is 0.231. The highest BCUT2D eigenvalue weighted by molar-refractivity contribution is 9.10. The Morgan fingerprint density at radius 3 is 2.84 bits per heavy atom. The highest BCUT2D eigenvalue weighted by Crippen LogP contribution is 2.18. The zero-order valence-electron chi connectivity index (χ0n) is 10.4. The van der Waals surface area contributed by atoms with Crippen LogP contribution in [-0.4, -0.2) is 15.5 Å². The summed E-state index contributed by atoms with van der Waals surface area (Å²) in [6.07, 6.45) is 4.52. The summed E-state index contributed by atoms with van der Waals surface area (Å²) in [7, 11) is 0. The largest absolute Gasteiger partial charge is 0.342 e. The van der Waals surface area contributed by atoms with Crippen LogP contribution >= 0.6 is 31.9 Å². The second-order valence-electron chi connectivity index (χ2n) is 4.05. The molecule has 0 radical (unpaired) electrons. The Balaban J connectivity index is 2.20. The van der Waals surface area contributed by atoms with E-state index in [0.29, 0.717) is 11.5 Å². The number of carbonyl (C=O) groups excluding carboxylic acids is 1. The summed E-state index contributed by atoms with van der Waals surface area (Å²) in [5, 5.41) is 2.79. The molecule has 19 heavy (non-hydrogen) atoms. The second kappa shape index (κ2) is 6.34. The lowest BCUT2D eigenvalue weighted by Gasteiger charge is -2.08. The first kappa shape index (κ1) is 14.3.